The third-order valence-corrected chi connectivity index (χ3v) is 5.82. The van der Waals surface area contributed by atoms with Crippen molar-refractivity contribution in [2.24, 2.45) is 0 Å². The highest BCUT2D eigenvalue weighted by Gasteiger charge is 2.57. The van der Waals surface area contributed by atoms with Crippen LogP contribution in [0.5, 0.6) is 0 Å². The molecule has 0 radical (unpaired) electrons. The third-order valence-electron chi connectivity index (χ3n) is 5.45. The first-order chi connectivity index (χ1) is 13.1. The molecule has 5 atom stereocenters. The summed E-state index contributed by atoms with van der Waals surface area (Å²) >= 11 is 6.30. The molecule has 0 aliphatic carbocycles. The van der Waals surface area contributed by atoms with Gasteiger partial charge in [-0.2, -0.15) is 0 Å². The lowest BCUT2D eigenvalue weighted by Gasteiger charge is -2.31. The molecule has 5 heteroatoms. The van der Waals surface area contributed by atoms with Crippen LogP contribution in [0.25, 0.3) is 0 Å². The lowest BCUT2D eigenvalue weighted by Crippen LogP contribution is -2.39. The molecule has 152 valence electrons. The molecule has 1 aromatic carbocycles. The summed E-state index contributed by atoms with van der Waals surface area (Å²) in [7, 11) is 0. The second-order valence-corrected chi connectivity index (χ2v) is 8.07. The number of unbranched alkanes of at least 4 members (excludes halogenated alkanes) is 1. The monoisotopic (exact) mass is 396 g/mol. The second-order valence-electron chi connectivity index (χ2n) is 7.66. The number of ether oxygens (including phenoxy) is 4. The Morgan fingerprint density at radius 3 is 2.56 bits per heavy atom. The molecule has 2 aliphatic heterocycles. The molecule has 3 rings (SSSR count). The average Bonchev–Trinajstić information content (AvgIpc) is 3.15. The van der Waals surface area contributed by atoms with Gasteiger partial charge >= 0.3 is 0 Å². The number of rotatable bonds is 10. The maximum Gasteiger partial charge on any atom is 0.190 e. The van der Waals surface area contributed by atoms with Crippen molar-refractivity contribution in [1.29, 1.82) is 0 Å². The van der Waals surface area contributed by atoms with Crippen molar-refractivity contribution in [2.45, 2.75) is 103 Å². The highest BCUT2D eigenvalue weighted by molar-refractivity contribution is 6.31. The summed E-state index contributed by atoms with van der Waals surface area (Å²) in [5.41, 5.74) is 0.989. The highest BCUT2D eigenvalue weighted by Crippen LogP contribution is 2.44. The van der Waals surface area contributed by atoms with E-state index in [0.29, 0.717) is 6.61 Å². The average molecular weight is 397 g/mol. The predicted octanol–water partition coefficient (Wildman–Crippen LogP) is 5.85. The molecule has 2 fully saturated rings. The Kier molecular flexibility index (Phi) is 7.57. The van der Waals surface area contributed by atoms with Crippen molar-refractivity contribution in [3.8, 4) is 0 Å². The Labute approximate surface area is 168 Å². The van der Waals surface area contributed by atoms with Gasteiger partial charge in [-0.15, -0.1) is 0 Å². The SMILES string of the molecule is CCCCC1(CCC)O[C@H]2O[C@H](CCC)[C@H](OCc3ccccc3Cl)[C@H]2O1. The Morgan fingerprint density at radius 2 is 1.85 bits per heavy atom. The summed E-state index contributed by atoms with van der Waals surface area (Å²) < 4.78 is 25.4. The first-order valence-corrected chi connectivity index (χ1v) is 10.9. The summed E-state index contributed by atoms with van der Waals surface area (Å²) in [5, 5.41) is 0.729. The molecule has 0 aromatic heterocycles. The first kappa shape index (κ1) is 21.1. The van der Waals surface area contributed by atoms with E-state index in [4.69, 9.17) is 30.5 Å². The quantitative estimate of drug-likeness (QED) is 0.497. The number of benzene rings is 1. The van der Waals surface area contributed by atoms with Crippen LogP contribution in [0.2, 0.25) is 5.02 Å². The van der Waals surface area contributed by atoms with E-state index in [9.17, 15) is 0 Å². The van der Waals surface area contributed by atoms with Gasteiger partial charge in [0.1, 0.15) is 12.2 Å². The second kappa shape index (κ2) is 9.71. The molecule has 0 spiro atoms. The van der Waals surface area contributed by atoms with Crippen LogP contribution in [0.4, 0.5) is 0 Å². The van der Waals surface area contributed by atoms with Gasteiger partial charge in [-0.25, -0.2) is 0 Å². The van der Waals surface area contributed by atoms with Gasteiger partial charge in [-0.3, -0.25) is 0 Å². The Bertz CT molecular complexity index is 595. The van der Waals surface area contributed by atoms with Crippen LogP contribution < -0.4 is 0 Å². The maximum atomic E-state index is 6.52. The van der Waals surface area contributed by atoms with E-state index >= 15 is 0 Å². The van der Waals surface area contributed by atoms with Crippen molar-refractivity contribution in [2.75, 3.05) is 0 Å². The molecular weight excluding hydrogens is 364 g/mol. The molecule has 0 N–H and O–H groups in total. The number of hydrogen-bond acceptors (Lipinski definition) is 4. The van der Waals surface area contributed by atoms with Crippen molar-refractivity contribution in [3.05, 3.63) is 34.9 Å². The summed E-state index contributed by atoms with van der Waals surface area (Å²) in [6, 6.07) is 7.80. The van der Waals surface area contributed by atoms with Gasteiger partial charge in [0.2, 0.25) is 0 Å². The van der Waals surface area contributed by atoms with Gasteiger partial charge in [0.25, 0.3) is 0 Å². The fourth-order valence-electron chi connectivity index (χ4n) is 4.11. The van der Waals surface area contributed by atoms with Gasteiger partial charge < -0.3 is 18.9 Å². The molecule has 0 amide bonds. The fourth-order valence-corrected chi connectivity index (χ4v) is 4.30. The van der Waals surface area contributed by atoms with Gasteiger partial charge in [0, 0.05) is 17.9 Å². The zero-order chi connectivity index (χ0) is 19.3. The summed E-state index contributed by atoms with van der Waals surface area (Å²) in [4.78, 5) is 0. The van der Waals surface area contributed by atoms with Crippen LogP contribution in [0.15, 0.2) is 24.3 Å². The molecule has 2 aliphatic rings. The van der Waals surface area contributed by atoms with Crippen molar-refractivity contribution in [1.82, 2.24) is 0 Å². The zero-order valence-electron chi connectivity index (χ0n) is 16.8. The van der Waals surface area contributed by atoms with Gasteiger partial charge in [-0.05, 0) is 24.5 Å². The van der Waals surface area contributed by atoms with E-state index < -0.39 is 5.79 Å². The Hall–Kier alpha value is -0.650. The lowest BCUT2D eigenvalue weighted by molar-refractivity contribution is -0.244. The van der Waals surface area contributed by atoms with Crippen molar-refractivity contribution in [3.63, 3.8) is 0 Å². The van der Waals surface area contributed by atoms with Gasteiger partial charge in [0.15, 0.2) is 12.1 Å². The van der Waals surface area contributed by atoms with Crippen molar-refractivity contribution < 1.29 is 18.9 Å². The Balaban J connectivity index is 1.71. The van der Waals surface area contributed by atoms with E-state index in [-0.39, 0.29) is 24.6 Å². The molecule has 4 nitrogen and oxygen atoms in total. The molecule has 27 heavy (non-hydrogen) atoms. The minimum absolute atomic E-state index is 0.00158. The summed E-state index contributed by atoms with van der Waals surface area (Å²) in [6.07, 6.45) is 6.35. The standard InChI is InChI=1S/C22H33ClO4/c1-4-7-14-22(13-6-3)26-20-19(18(10-5-2)25-21(20)27-22)24-15-16-11-8-9-12-17(16)23/h8-9,11-12,18-21H,4-7,10,13-15H2,1-3H3/t18-,19+,20-,21-,22?/m1/s1. The molecule has 0 bridgehead atoms. The Morgan fingerprint density at radius 1 is 1.04 bits per heavy atom. The molecule has 1 unspecified atom stereocenters. The lowest BCUT2D eigenvalue weighted by atomic mass is 10.0. The smallest absolute Gasteiger partial charge is 0.190 e. The summed E-state index contributed by atoms with van der Waals surface area (Å²) in [5.74, 6) is -0.525. The van der Waals surface area contributed by atoms with Crippen LogP contribution in [0.3, 0.4) is 0 Å². The molecule has 1 aromatic rings. The topological polar surface area (TPSA) is 36.9 Å². The minimum Gasteiger partial charge on any atom is -0.368 e. The van der Waals surface area contributed by atoms with Crippen LogP contribution in [-0.4, -0.2) is 30.4 Å². The minimum atomic E-state index is -0.525. The fraction of sp³-hybridized carbons (Fsp3) is 0.727. The predicted molar refractivity (Wildman–Crippen MR) is 107 cm³/mol. The largest absolute Gasteiger partial charge is 0.368 e. The number of hydrogen-bond donors (Lipinski definition) is 0. The van der Waals surface area contributed by atoms with Crippen LogP contribution in [0.1, 0.15) is 71.3 Å². The van der Waals surface area contributed by atoms with Gasteiger partial charge in [0.05, 0.1) is 12.7 Å². The van der Waals surface area contributed by atoms with E-state index in [0.717, 1.165) is 55.5 Å². The molecular formula is C22H33ClO4. The number of halogens is 1. The maximum absolute atomic E-state index is 6.52. The van der Waals surface area contributed by atoms with Crippen LogP contribution in [0, 0.1) is 0 Å². The van der Waals surface area contributed by atoms with Crippen LogP contribution >= 0.6 is 11.6 Å². The normalized spacial score (nSPS) is 32.7. The van der Waals surface area contributed by atoms with E-state index in [2.05, 4.69) is 20.8 Å². The zero-order valence-corrected chi connectivity index (χ0v) is 17.5. The molecule has 0 saturated carbocycles. The third kappa shape index (κ3) is 4.86. The first-order valence-electron chi connectivity index (χ1n) is 10.5. The van der Waals surface area contributed by atoms with Gasteiger partial charge in [-0.1, -0.05) is 69.8 Å². The summed E-state index contributed by atoms with van der Waals surface area (Å²) in [6.45, 7) is 6.97. The van der Waals surface area contributed by atoms with E-state index in [1.54, 1.807) is 0 Å². The highest BCUT2D eigenvalue weighted by atomic mass is 35.5. The van der Waals surface area contributed by atoms with Crippen LogP contribution in [-0.2, 0) is 25.6 Å². The molecule has 2 saturated heterocycles. The van der Waals surface area contributed by atoms with Crippen molar-refractivity contribution >= 4 is 11.6 Å². The number of fused-ring (bicyclic) bond motifs is 1. The van der Waals surface area contributed by atoms with E-state index in [1.807, 2.05) is 24.3 Å². The molecule has 2 heterocycles. The van der Waals surface area contributed by atoms with E-state index in [1.165, 1.54) is 0 Å².